The van der Waals surface area contributed by atoms with Gasteiger partial charge in [0.05, 0.1) is 19.1 Å². The highest BCUT2D eigenvalue weighted by Crippen LogP contribution is 2.46. The van der Waals surface area contributed by atoms with Crippen LogP contribution in [-0.2, 0) is 11.0 Å². The van der Waals surface area contributed by atoms with Crippen LogP contribution >= 0.6 is 0 Å². The quantitative estimate of drug-likeness (QED) is 0.899. The van der Waals surface area contributed by atoms with Crippen LogP contribution in [0.4, 0.5) is 13.2 Å². The van der Waals surface area contributed by atoms with E-state index in [9.17, 15) is 18.0 Å². The van der Waals surface area contributed by atoms with Gasteiger partial charge in [-0.2, -0.15) is 13.2 Å². The molecule has 2 rings (SSSR count). The Hall–Kier alpha value is -1.72. The van der Waals surface area contributed by atoms with E-state index < -0.39 is 17.7 Å². The number of aliphatic carboxylic acids is 1. The third-order valence-electron chi connectivity index (χ3n) is 3.51. The fraction of sp³-hybridized carbons (Fsp3) is 0.500. The number of halogens is 3. The van der Waals surface area contributed by atoms with Crippen LogP contribution < -0.4 is 4.74 Å². The summed E-state index contributed by atoms with van der Waals surface area (Å²) < 4.78 is 43.5. The standard InChI is InChI=1S/C14H15F3O3/c1-20-11-5-9(4-10(6-11)14(15,16)17)12(7-13(18)19)8-2-3-8/h4-6,8,12H,2-3,7H2,1H3,(H,18,19). The molecule has 0 radical (unpaired) electrons. The van der Waals surface area contributed by atoms with Gasteiger partial charge in [-0.05, 0) is 48.4 Å². The van der Waals surface area contributed by atoms with Gasteiger partial charge >= 0.3 is 12.1 Å². The molecule has 20 heavy (non-hydrogen) atoms. The smallest absolute Gasteiger partial charge is 0.416 e. The molecule has 0 aliphatic heterocycles. The minimum absolute atomic E-state index is 0.103. The lowest BCUT2D eigenvalue weighted by Gasteiger charge is -2.18. The second-order valence-corrected chi connectivity index (χ2v) is 5.03. The molecule has 1 atom stereocenters. The Bertz CT molecular complexity index is 507. The molecule has 1 fully saturated rings. The molecule has 1 saturated carbocycles. The molecule has 0 amide bonds. The average molecular weight is 288 g/mol. The molecule has 110 valence electrons. The molecule has 6 heteroatoms. The number of ether oxygens (including phenoxy) is 1. The molecule has 0 saturated heterocycles. The van der Waals surface area contributed by atoms with Gasteiger partial charge < -0.3 is 9.84 Å². The Morgan fingerprint density at radius 3 is 2.50 bits per heavy atom. The molecule has 0 aromatic heterocycles. The number of carboxylic acid groups (broad SMARTS) is 1. The van der Waals surface area contributed by atoms with Gasteiger partial charge in [0.2, 0.25) is 0 Å². The number of carboxylic acids is 1. The SMILES string of the molecule is COc1cc(C(CC(=O)O)C2CC2)cc(C(F)(F)F)c1. The predicted octanol–water partition coefficient (Wildman–Crippen LogP) is 3.68. The minimum atomic E-state index is -4.47. The molecule has 1 aromatic rings. The second kappa shape index (κ2) is 5.34. The van der Waals surface area contributed by atoms with E-state index in [1.54, 1.807) is 0 Å². The molecule has 1 N–H and O–H groups in total. The maximum atomic E-state index is 12.9. The van der Waals surface area contributed by atoms with Crippen LogP contribution in [0.5, 0.6) is 5.75 Å². The summed E-state index contributed by atoms with van der Waals surface area (Å²) in [7, 11) is 1.29. The van der Waals surface area contributed by atoms with E-state index in [4.69, 9.17) is 9.84 Å². The summed E-state index contributed by atoms with van der Waals surface area (Å²) in [6.45, 7) is 0. The van der Waals surface area contributed by atoms with Crippen molar-refractivity contribution in [3.63, 3.8) is 0 Å². The summed E-state index contributed by atoms with van der Waals surface area (Å²) in [5, 5.41) is 8.92. The summed E-state index contributed by atoms with van der Waals surface area (Å²) in [6.07, 6.45) is -2.91. The third kappa shape index (κ3) is 3.43. The molecule has 3 nitrogen and oxygen atoms in total. The lowest BCUT2D eigenvalue weighted by molar-refractivity contribution is -0.138. The van der Waals surface area contributed by atoms with Crippen molar-refractivity contribution in [2.24, 2.45) is 5.92 Å². The van der Waals surface area contributed by atoms with E-state index in [2.05, 4.69) is 0 Å². The number of benzene rings is 1. The zero-order valence-electron chi connectivity index (χ0n) is 10.9. The number of hydrogen-bond donors (Lipinski definition) is 1. The molecule has 1 aliphatic rings. The van der Waals surface area contributed by atoms with E-state index >= 15 is 0 Å². The first-order chi connectivity index (χ1) is 9.31. The van der Waals surface area contributed by atoms with E-state index in [0.29, 0.717) is 5.56 Å². The molecule has 1 aromatic carbocycles. The van der Waals surface area contributed by atoms with Crippen molar-refractivity contribution in [3.8, 4) is 5.75 Å². The van der Waals surface area contributed by atoms with Gasteiger partial charge in [-0.3, -0.25) is 4.79 Å². The van der Waals surface area contributed by atoms with Gasteiger partial charge in [-0.25, -0.2) is 0 Å². The fourth-order valence-electron chi connectivity index (χ4n) is 2.36. The van der Waals surface area contributed by atoms with E-state index in [1.807, 2.05) is 0 Å². The van der Waals surface area contributed by atoms with Crippen molar-refractivity contribution >= 4 is 5.97 Å². The van der Waals surface area contributed by atoms with E-state index in [0.717, 1.165) is 25.0 Å². The Kier molecular flexibility index (Phi) is 3.92. The van der Waals surface area contributed by atoms with Crippen molar-refractivity contribution < 1.29 is 27.8 Å². The Labute approximate surface area is 114 Å². The highest BCUT2D eigenvalue weighted by Gasteiger charge is 2.36. The second-order valence-electron chi connectivity index (χ2n) is 5.03. The molecular formula is C14H15F3O3. The van der Waals surface area contributed by atoms with Crippen LogP contribution in [0.15, 0.2) is 18.2 Å². The number of rotatable bonds is 5. The average Bonchev–Trinajstić information content (AvgIpc) is 3.18. The van der Waals surface area contributed by atoms with Gasteiger partial charge in [0.25, 0.3) is 0 Å². The Morgan fingerprint density at radius 2 is 2.05 bits per heavy atom. The van der Waals surface area contributed by atoms with Crippen LogP contribution in [-0.4, -0.2) is 18.2 Å². The van der Waals surface area contributed by atoms with Gasteiger partial charge in [0, 0.05) is 0 Å². The topological polar surface area (TPSA) is 46.5 Å². The molecule has 1 unspecified atom stereocenters. The largest absolute Gasteiger partial charge is 0.497 e. The first kappa shape index (κ1) is 14.7. The van der Waals surface area contributed by atoms with Crippen LogP contribution in [0.3, 0.4) is 0 Å². The summed E-state index contributed by atoms with van der Waals surface area (Å²) in [4.78, 5) is 10.9. The van der Waals surface area contributed by atoms with Crippen molar-refractivity contribution in [1.82, 2.24) is 0 Å². The number of hydrogen-bond acceptors (Lipinski definition) is 2. The summed E-state index contributed by atoms with van der Waals surface area (Å²) >= 11 is 0. The zero-order valence-corrected chi connectivity index (χ0v) is 10.9. The Balaban J connectivity index is 2.40. The van der Waals surface area contributed by atoms with E-state index in [1.165, 1.54) is 13.2 Å². The summed E-state index contributed by atoms with van der Waals surface area (Å²) in [5.74, 6) is -1.13. The van der Waals surface area contributed by atoms with Gasteiger partial charge in [-0.15, -0.1) is 0 Å². The lowest BCUT2D eigenvalue weighted by Crippen LogP contribution is -2.11. The van der Waals surface area contributed by atoms with Crippen LogP contribution in [0.2, 0.25) is 0 Å². The van der Waals surface area contributed by atoms with Crippen LogP contribution in [0.1, 0.15) is 36.3 Å². The normalized spacial score (nSPS) is 16.8. The van der Waals surface area contributed by atoms with Crippen molar-refractivity contribution in [1.29, 1.82) is 0 Å². The third-order valence-corrected chi connectivity index (χ3v) is 3.51. The zero-order chi connectivity index (χ0) is 14.9. The summed E-state index contributed by atoms with van der Waals surface area (Å²) in [5.41, 5.74) is -0.413. The number of alkyl halides is 3. The Morgan fingerprint density at radius 1 is 1.40 bits per heavy atom. The monoisotopic (exact) mass is 288 g/mol. The summed E-state index contributed by atoms with van der Waals surface area (Å²) in [6, 6.07) is 3.46. The highest BCUT2D eigenvalue weighted by atomic mass is 19.4. The van der Waals surface area contributed by atoms with Gasteiger partial charge in [0.15, 0.2) is 0 Å². The van der Waals surface area contributed by atoms with Crippen LogP contribution in [0, 0.1) is 5.92 Å². The molecule has 0 bridgehead atoms. The fourth-order valence-corrected chi connectivity index (χ4v) is 2.36. The van der Waals surface area contributed by atoms with E-state index in [-0.39, 0.29) is 24.0 Å². The first-order valence-electron chi connectivity index (χ1n) is 6.29. The van der Waals surface area contributed by atoms with Crippen LogP contribution in [0.25, 0.3) is 0 Å². The maximum Gasteiger partial charge on any atom is 0.416 e. The lowest BCUT2D eigenvalue weighted by atomic mass is 9.89. The van der Waals surface area contributed by atoms with Crippen molar-refractivity contribution in [2.45, 2.75) is 31.4 Å². The minimum Gasteiger partial charge on any atom is -0.497 e. The van der Waals surface area contributed by atoms with Gasteiger partial charge in [0.1, 0.15) is 5.75 Å². The first-order valence-corrected chi connectivity index (χ1v) is 6.29. The molecule has 0 spiro atoms. The molecule has 1 aliphatic carbocycles. The predicted molar refractivity (Wildman–Crippen MR) is 65.7 cm³/mol. The molecule has 0 heterocycles. The number of methoxy groups -OCH3 is 1. The molecular weight excluding hydrogens is 273 g/mol. The highest BCUT2D eigenvalue weighted by molar-refractivity contribution is 5.68. The van der Waals surface area contributed by atoms with Gasteiger partial charge in [-0.1, -0.05) is 0 Å². The number of carbonyl (C=O) groups is 1. The maximum absolute atomic E-state index is 12.9. The van der Waals surface area contributed by atoms with Crippen molar-refractivity contribution in [2.75, 3.05) is 7.11 Å². The van der Waals surface area contributed by atoms with Crippen molar-refractivity contribution in [3.05, 3.63) is 29.3 Å².